The highest BCUT2D eigenvalue weighted by Gasteiger charge is 2.13. The van der Waals surface area contributed by atoms with E-state index in [1.165, 1.54) is 37.2 Å². The first-order valence-corrected chi connectivity index (χ1v) is 7.85. The van der Waals surface area contributed by atoms with E-state index in [2.05, 4.69) is 51.3 Å². The zero-order valence-electron chi connectivity index (χ0n) is 11.7. The molecule has 1 fully saturated rings. The Kier molecular flexibility index (Phi) is 4.01. The summed E-state index contributed by atoms with van der Waals surface area (Å²) in [5.74, 6) is 0.924. The zero-order valence-corrected chi connectivity index (χ0v) is 13.2. The fourth-order valence-electron chi connectivity index (χ4n) is 2.64. The van der Waals surface area contributed by atoms with E-state index in [1.54, 1.807) is 6.26 Å². The van der Waals surface area contributed by atoms with Crippen LogP contribution >= 0.6 is 15.9 Å². The Bertz CT molecular complexity index is 588. The zero-order chi connectivity index (χ0) is 13.9. The summed E-state index contributed by atoms with van der Waals surface area (Å²) < 4.78 is 6.42. The minimum absolute atomic E-state index is 0.692. The number of halogens is 1. The Morgan fingerprint density at radius 2 is 2.05 bits per heavy atom. The average molecular weight is 335 g/mol. The number of aryl methyl sites for hydroxylation is 1. The summed E-state index contributed by atoms with van der Waals surface area (Å²) >= 11 is 3.47. The lowest BCUT2D eigenvalue weighted by molar-refractivity contribution is 0.516. The Hall–Kier alpha value is -1.42. The molecule has 106 valence electrons. The Morgan fingerprint density at radius 1 is 1.25 bits per heavy atom. The number of hydrogen-bond donors (Lipinski definition) is 1. The number of anilines is 2. The first kappa shape index (κ1) is 13.6. The van der Waals surface area contributed by atoms with E-state index in [1.807, 2.05) is 6.07 Å². The van der Waals surface area contributed by atoms with Crippen molar-refractivity contribution < 1.29 is 4.42 Å². The molecule has 1 aromatic heterocycles. The van der Waals surface area contributed by atoms with E-state index in [0.29, 0.717) is 6.54 Å². The molecular formula is C16H19BrN2O. The van der Waals surface area contributed by atoms with E-state index in [4.69, 9.17) is 4.42 Å². The predicted octanol–water partition coefficient (Wildman–Crippen LogP) is 4.56. The predicted molar refractivity (Wildman–Crippen MR) is 86.4 cm³/mol. The Balaban J connectivity index is 1.69. The van der Waals surface area contributed by atoms with Gasteiger partial charge in [0, 0.05) is 24.5 Å². The lowest BCUT2D eigenvalue weighted by Crippen LogP contribution is -2.17. The second kappa shape index (κ2) is 5.92. The van der Waals surface area contributed by atoms with Crippen molar-refractivity contribution in [3.05, 3.63) is 46.3 Å². The Morgan fingerprint density at radius 3 is 2.70 bits per heavy atom. The number of furan rings is 1. The maximum absolute atomic E-state index is 5.41. The molecular weight excluding hydrogens is 316 g/mol. The minimum atomic E-state index is 0.692. The molecule has 1 aliphatic rings. The van der Waals surface area contributed by atoms with Crippen molar-refractivity contribution in [3.8, 4) is 0 Å². The van der Waals surface area contributed by atoms with Gasteiger partial charge in [0.25, 0.3) is 0 Å². The van der Waals surface area contributed by atoms with E-state index in [9.17, 15) is 0 Å². The molecule has 3 rings (SSSR count). The van der Waals surface area contributed by atoms with Gasteiger partial charge in [0.05, 0.1) is 17.3 Å². The van der Waals surface area contributed by atoms with E-state index in [0.717, 1.165) is 15.9 Å². The van der Waals surface area contributed by atoms with Gasteiger partial charge in [-0.1, -0.05) is 0 Å². The molecule has 1 aromatic carbocycles. The summed E-state index contributed by atoms with van der Waals surface area (Å²) in [5, 5.41) is 3.43. The van der Waals surface area contributed by atoms with Gasteiger partial charge in [-0.2, -0.15) is 0 Å². The molecule has 2 aromatic rings. The largest absolute Gasteiger partial charge is 0.466 e. The minimum Gasteiger partial charge on any atom is -0.466 e. The average Bonchev–Trinajstić information content (AvgIpc) is 3.09. The summed E-state index contributed by atoms with van der Waals surface area (Å²) in [6.07, 6.45) is 4.32. The molecule has 2 heterocycles. The van der Waals surface area contributed by atoms with Gasteiger partial charge in [-0.05, 0) is 65.5 Å². The molecule has 20 heavy (non-hydrogen) atoms. The van der Waals surface area contributed by atoms with Crippen LogP contribution in [0.25, 0.3) is 0 Å². The first-order chi connectivity index (χ1) is 9.74. The van der Waals surface area contributed by atoms with Crippen LogP contribution in [0, 0.1) is 6.92 Å². The van der Waals surface area contributed by atoms with E-state index < -0.39 is 0 Å². The quantitative estimate of drug-likeness (QED) is 0.888. The van der Waals surface area contributed by atoms with E-state index in [-0.39, 0.29) is 0 Å². The third-order valence-electron chi connectivity index (χ3n) is 3.81. The van der Waals surface area contributed by atoms with Crippen LogP contribution in [0.2, 0.25) is 0 Å². The van der Waals surface area contributed by atoms with Gasteiger partial charge in [-0.25, -0.2) is 0 Å². The number of nitrogens with one attached hydrogen (secondary N) is 1. The van der Waals surface area contributed by atoms with E-state index >= 15 is 0 Å². The number of nitrogens with zero attached hydrogens (tertiary/aromatic N) is 1. The van der Waals surface area contributed by atoms with Gasteiger partial charge < -0.3 is 14.6 Å². The van der Waals surface area contributed by atoms with Crippen molar-refractivity contribution in [1.29, 1.82) is 0 Å². The van der Waals surface area contributed by atoms with Crippen LogP contribution in [0.15, 0.2) is 39.4 Å². The van der Waals surface area contributed by atoms with Crippen molar-refractivity contribution >= 4 is 27.3 Å². The van der Waals surface area contributed by atoms with Crippen LogP contribution in [0.1, 0.15) is 24.2 Å². The van der Waals surface area contributed by atoms with Crippen LogP contribution in [0.5, 0.6) is 0 Å². The van der Waals surface area contributed by atoms with Crippen LogP contribution in [-0.2, 0) is 6.54 Å². The molecule has 0 saturated carbocycles. The van der Waals surface area contributed by atoms with Crippen molar-refractivity contribution in [2.75, 3.05) is 23.3 Å². The molecule has 1 saturated heterocycles. The molecule has 0 radical (unpaired) electrons. The molecule has 1 N–H and O–H groups in total. The number of rotatable bonds is 4. The molecule has 0 spiro atoms. The van der Waals surface area contributed by atoms with Gasteiger partial charge in [0.15, 0.2) is 0 Å². The summed E-state index contributed by atoms with van der Waals surface area (Å²) in [6, 6.07) is 8.56. The molecule has 1 aliphatic heterocycles. The van der Waals surface area contributed by atoms with Crippen LogP contribution in [0.4, 0.5) is 11.4 Å². The fraction of sp³-hybridized carbons (Fsp3) is 0.375. The van der Waals surface area contributed by atoms with Gasteiger partial charge in [-0.3, -0.25) is 0 Å². The monoisotopic (exact) mass is 334 g/mol. The topological polar surface area (TPSA) is 28.4 Å². The van der Waals surface area contributed by atoms with Gasteiger partial charge in [0.1, 0.15) is 5.76 Å². The molecule has 0 amide bonds. The molecule has 3 nitrogen and oxygen atoms in total. The number of hydrogen-bond acceptors (Lipinski definition) is 3. The molecule has 0 aliphatic carbocycles. The van der Waals surface area contributed by atoms with Crippen LogP contribution in [-0.4, -0.2) is 13.1 Å². The third kappa shape index (κ3) is 2.85. The van der Waals surface area contributed by atoms with Crippen molar-refractivity contribution in [2.45, 2.75) is 26.3 Å². The van der Waals surface area contributed by atoms with Crippen LogP contribution < -0.4 is 10.2 Å². The maximum Gasteiger partial charge on any atom is 0.136 e. The SMILES string of the molecule is Cc1cc(N2CCCC2)ccc1NCc1occc1Br. The normalized spacial score (nSPS) is 14.8. The van der Waals surface area contributed by atoms with Crippen LogP contribution in [0.3, 0.4) is 0 Å². The van der Waals surface area contributed by atoms with Crippen molar-refractivity contribution in [1.82, 2.24) is 0 Å². The Labute approximate surface area is 128 Å². The van der Waals surface area contributed by atoms with Crippen molar-refractivity contribution in [3.63, 3.8) is 0 Å². The third-order valence-corrected chi connectivity index (χ3v) is 4.52. The fourth-order valence-corrected chi connectivity index (χ4v) is 2.99. The summed E-state index contributed by atoms with van der Waals surface area (Å²) in [7, 11) is 0. The molecule has 0 atom stereocenters. The van der Waals surface area contributed by atoms with Crippen molar-refractivity contribution in [2.24, 2.45) is 0 Å². The highest BCUT2D eigenvalue weighted by atomic mass is 79.9. The second-order valence-electron chi connectivity index (χ2n) is 5.24. The highest BCUT2D eigenvalue weighted by Crippen LogP contribution is 2.26. The summed E-state index contributed by atoms with van der Waals surface area (Å²) in [6.45, 7) is 5.22. The molecule has 0 unspecified atom stereocenters. The first-order valence-electron chi connectivity index (χ1n) is 7.05. The van der Waals surface area contributed by atoms with Gasteiger partial charge in [-0.15, -0.1) is 0 Å². The van der Waals surface area contributed by atoms with Gasteiger partial charge >= 0.3 is 0 Å². The standard InChI is InChI=1S/C16H19BrN2O/c1-12-10-13(19-7-2-3-8-19)4-5-15(12)18-11-16-14(17)6-9-20-16/h4-6,9-10,18H,2-3,7-8,11H2,1H3. The summed E-state index contributed by atoms with van der Waals surface area (Å²) in [5.41, 5.74) is 3.78. The summed E-state index contributed by atoms with van der Waals surface area (Å²) in [4.78, 5) is 2.46. The number of benzene rings is 1. The maximum atomic E-state index is 5.41. The lowest BCUT2D eigenvalue weighted by atomic mass is 10.1. The molecule has 0 bridgehead atoms. The smallest absolute Gasteiger partial charge is 0.136 e. The lowest BCUT2D eigenvalue weighted by Gasteiger charge is -2.19. The molecule has 4 heteroatoms. The second-order valence-corrected chi connectivity index (χ2v) is 6.09. The van der Waals surface area contributed by atoms with Gasteiger partial charge in [0.2, 0.25) is 0 Å². The highest BCUT2D eigenvalue weighted by molar-refractivity contribution is 9.10.